The zero-order valence-corrected chi connectivity index (χ0v) is 19.1. The van der Waals surface area contributed by atoms with Gasteiger partial charge >= 0.3 is 5.97 Å². The minimum absolute atomic E-state index is 0.166. The van der Waals surface area contributed by atoms with E-state index in [9.17, 15) is 19.5 Å². The maximum absolute atomic E-state index is 11.7. The van der Waals surface area contributed by atoms with Crippen LogP contribution in [0.3, 0.4) is 0 Å². The number of nitrogens with zero attached hydrogens (tertiary/aromatic N) is 1. The van der Waals surface area contributed by atoms with Gasteiger partial charge in [0.1, 0.15) is 12.6 Å². The van der Waals surface area contributed by atoms with Gasteiger partial charge in [-0.1, -0.05) is 29.8 Å². The highest BCUT2D eigenvalue weighted by Crippen LogP contribution is 2.28. The SMILES string of the molecule is COc1cc(CCCNC(C(=O)O)c2ccc(Cl)cc2)ccc1OCCN1C(=O)CCC1=O. The number of rotatable bonds is 12. The minimum Gasteiger partial charge on any atom is -0.493 e. The molecule has 0 bridgehead atoms. The summed E-state index contributed by atoms with van der Waals surface area (Å²) in [5.74, 6) is -0.185. The Kier molecular flexibility index (Phi) is 8.68. The summed E-state index contributed by atoms with van der Waals surface area (Å²) in [6, 6.07) is 11.5. The van der Waals surface area contributed by atoms with Crippen molar-refractivity contribution >= 4 is 29.4 Å². The molecule has 1 heterocycles. The van der Waals surface area contributed by atoms with Crippen LogP contribution in [-0.4, -0.2) is 54.6 Å². The van der Waals surface area contributed by atoms with Crippen molar-refractivity contribution in [3.63, 3.8) is 0 Å². The lowest BCUT2D eigenvalue weighted by Gasteiger charge is -2.16. The Hall–Kier alpha value is -3.10. The van der Waals surface area contributed by atoms with Crippen molar-refractivity contribution in [3.8, 4) is 11.5 Å². The number of carboxylic acids is 1. The second kappa shape index (κ2) is 11.7. The van der Waals surface area contributed by atoms with Crippen molar-refractivity contribution < 1.29 is 29.0 Å². The van der Waals surface area contributed by atoms with Gasteiger partial charge in [-0.25, -0.2) is 0 Å². The molecule has 2 aromatic carbocycles. The number of nitrogens with one attached hydrogen (secondary N) is 1. The van der Waals surface area contributed by atoms with Gasteiger partial charge in [0.2, 0.25) is 11.8 Å². The number of carboxylic acid groups (broad SMARTS) is 1. The molecule has 1 unspecified atom stereocenters. The number of likely N-dealkylation sites (tertiary alicyclic amines) is 1. The van der Waals surface area contributed by atoms with E-state index in [-0.39, 0.29) is 37.8 Å². The molecule has 176 valence electrons. The first-order valence-electron chi connectivity index (χ1n) is 10.7. The van der Waals surface area contributed by atoms with Crippen LogP contribution in [0.15, 0.2) is 42.5 Å². The molecule has 0 radical (unpaired) electrons. The topological polar surface area (TPSA) is 105 Å². The lowest BCUT2D eigenvalue weighted by Crippen LogP contribution is -2.33. The highest BCUT2D eigenvalue weighted by molar-refractivity contribution is 6.30. The summed E-state index contributed by atoms with van der Waals surface area (Å²) in [4.78, 5) is 36.2. The molecule has 0 aromatic heterocycles. The Morgan fingerprint density at radius 1 is 1.12 bits per heavy atom. The summed E-state index contributed by atoms with van der Waals surface area (Å²) < 4.78 is 11.1. The predicted molar refractivity (Wildman–Crippen MR) is 123 cm³/mol. The molecule has 1 fully saturated rings. The Morgan fingerprint density at radius 2 is 1.82 bits per heavy atom. The second-order valence-electron chi connectivity index (χ2n) is 7.65. The van der Waals surface area contributed by atoms with Crippen LogP contribution >= 0.6 is 11.6 Å². The molecule has 0 spiro atoms. The van der Waals surface area contributed by atoms with Crippen LogP contribution in [-0.2, 0) is 20.8 Å². The van der Waals surface area contributed by atoms with E-state index in [4.69, 9.17) is 21.1 Å². The Labute approximate surface area is 197 Å². The normalized spacial score (nSPS) is 14.4. The van der Waals surface area contributed by atoms with Gasteiger partial charge in [0, 0.05) is 17.9 Å². The van der Waals surface area contributed by atoms with Crippen LogP contribution < -0.4 is 14.8 Å². The number of halogens is 1. The number of hydrogen-bond donors (Lipinski definition) is 2. The van der Waals surface area contributed by atoms with Crippen molar-refractivity contribution in [1.82, 2.24) is 10.2 Å². The van der Waals surface area contributed by atoms with E-state index >= 15 is 0 Å². The van der Waals surface area contributed by atoms with E-state index < -0.39 is 12.0 Å². The first kappa shape index (κ1) is 24.5. The van der Waals surface area contributed by atoms with E-state index in [0.29, 0.717) is 35.1 Å². The third-order valence-corrected chi connectivity index (χ3v) is 5.65. The minimum atomic E-state index is -0.946. The zero-order valence-electron chi connectivity index (χ0n) is 18.4. The molecule has 8 nitrogen and oxygen atoms in total. The number of aryl methyl sites for hydroxylation is 1. The van der Waals surface area contributed by atoms with E-state index in [1.54, 1.807) is 37.4 Å². The van der Waals surface area contributed by atoms with Crippen molar-refractivity contribution in [3.05, 3.63) is 58.6 Å². The highest BCUT2D eigenvalue weighted by atomic mass is 35.5. The number of hydrogen-bond acceptors (Lipinski definition) is 6. The molecular weight excluding hydrogens is 448 g/mol. The van der Waals surface area contributed by atoms with E-state index in [2.05, 4.69) is 5.32 Å². The van der Waals surface area contributed by atoms with Gasteiger partial charge in [0.15, 0.2) is 11.5 Å². The van der Waals surface area contributed by atoms with Crippen LogP contribution in [0.2, 0.25) is 5.02 Å². The monoisotopic (exact) mass is 474 g/mol. The van der Waals surface area contributed by atoms with Crippen molar-refractivity contribution in [2.45, 2.75) is 31.7 Å². The first-order valence-corrected chi connectivity index (χ1v) is 11.1. The summed E-state index contributed by atoms with van der Waals surface area (Å²) in [6.07, 6.45) is 1.96. The molecule has 2 aromatic rings. The highest BCUT2D eigenvalue weighted by Gasteiger charge is 2.28. The second-order valence-corrected chi connectivity index (χ2v) is 8.09. The number of carbonyl (C=O) groups excluding carboxylic acids is 2. The van der Waals surface area contributed by atoms with Gasteiger partial charge in [0.05, 0.1) is 13.7 Å². The third kappa shape index (κ3) is 6.69. The molecule has 0 saturated carbocycles. The van der Waals surface area contributed by atoms with Crippen LogP contribution in [0.1, 0.15) is 36.4 Å². The Balaban J connectivity index is 1.48. The number of ether oxygens (including phenoxy) is 2. The first-order chi connectivity index (χ1) is 15.9. The zero-order chi connectivity index (χ0) is 23.8. The van der Waals surface area contributed by atoms with Crippen LogP contribution in [0.25, 0.3) is 0 Å². The van der Waals surface area contributed by atoms with Gasteiger partial charge < -0.3 is 19.9 Å². The average Bonchev–Trinajstić information content (AvgIpc) is 3.12. The molecule has 1 aliphatic heterocycles. The summed E-state index contributed by atoms with van der Waals surface area (Å²) >= 11 is 5.88. The van der Waals surface area contributed by atoms with Crippen molar-refractivity contribution in [2.75, 3.05) is 26.8 Å². The smallest absolute Gasteiger partial charge is 0.325 e. The number of methoxy groups -OCH3 is 1. The summed E-state index contributed by atoms with van der Waals surface area (Å²) in [5.41, 5.74) is 1.66. The molecule has 2 amide bonds. The van der Waals surface area contributed by atoms with E-state index in [1.807, 2.05) is 12.1 Å². The van der Waals surface area contributed by atoms with Gasteiger partial charge in [0.25, 0.3) is 0 Å². The molecule has 1 atom stereocenters. The summed E-state index contributed by atoms with van der Waals surface area (Å²) in [5, 5.41) is 13.1. The molecule has 3 rings (SSSR count). The third-order valence-electron chi connectivity index (χ3n) is 5.40. The Bertz CT molecular complexity index is 979. The fourth-order valence-electron chi connectivity index (χ4n) is 3.65. The van der Waals surface area contributed by atoms with Crippen LogP contribution in [0, 0.1) is 0 Å². The number of amides is 2. The number of carbonyl (C=O) groups is 3. The van der Waals surface area contributed by atoms with Crippen molar-refractivity contribution in [2.24, 2.45) is 0 Å². The molecule has 0 aliphatic carbocycles. The largest absolute Gasteiger partial charge is 0.493 e. The van der Waals surface area contributed by atoms with E-state index in [1.165, 1.54) is 4.90 Å². The molecule has 9 heteroatoms. The van der Waals surface area contributed by atoms with Gasteiger partial charge in [-0.05, 0) is 54.8 Å². The van der Waals surface area contributed by atoms with E-state index in [0.717, 1.165) is 12.0 Å². The average molecular weight is 475 g/mol. The molecular formula is C24H27ClN2O6. The number of imide groups is 1. The fraction of sp³-hybridized carbons (Fsp3) is 0.375. The fourth-order valence-corrected chi connectivity index (χ4v) is 3.77. The predicted octanol–water partition coefficient (Wildman–Crippen LogP) is 3.22. The van der Waals surface area contributed by atoms with Gasteiger partial charge in [-0.2, -0.15) is 0 Å². The molecule has 33 heavy (non-hydrogen) atoms. The molecule has 2 N–H and O–H groups in total. The summed E-state index contributed by atoms with van der Waals surface area (Å²) in [6.45, 7) is 0.920. The molecule has 1 saturated heterocycles. The maximum atomic E-state index is 11.7. The van der Waals surface area contributed by atoms with Gasteiger partial charge in [-0.3, -0.25) is 19.3 Å². The lowest BCUT2D eigenvalue weighted by atomic mass is 10.1. The lowest BCUT2D eigenvalue weighted by molar-refractivity contribution is -0.140. The van der Waals surface area contributed by atoms with Crippen molar-refractivity contribution in [1.29, 1.82) is 0 Å². The maximum Gasteiger partial charge on any atom is 0.325 e. The van der Waals surface area contributed by atoms with Crippen LogP contribution in [0.5, 0.6) is 11.5 Å². The van der Waals surface area contributed by atoms with Gasteiger partial charge in [-0.15, -0.1) is 0 Å². The standard InChI is InChI=1S/C24H27ClN2O6/c1-32-20-15-16(4-9-19(20)33-14-13-27-21(28)10-11-22(27)29)3-2-12-26-23(24(30)31)17-5-7-18(25)8-6-17/h4-9,15,23,26H,2-3,10-14H2,1H3,(H,30,31). The molecule has 1 aliphatic rings. The Morgan fingerprint density at radius 3 is 2.45 bits per heavy atom. The number of aliphatic carboxylic acids is 1. The quantitative estimate of drug-likeness (QED) is 0.359. The number of benzene rings is 2. The van der Waals surface area contributed by atoms with Crippen LogP contribution in [0.4, 0.5) is 0 Å². The summed E-state index contributed by atoms with van der Waals surface area (Å²) in [7, 11) is 1.55.